The predicted octanol–water partition coefficient (Wildman–Crippen LogP) is 6.83. The van der Waals surface area contributed by atoms with Gasteiger partial charge in [0.2, 0.25) is 0 Å². The van der Waals surface area contributed by atoms with Crippen LogP contribution in [0.5, 0.6) is 0 Å². The van der Waals surface area contributed by atoms with E-state index in [1.54, 1.807) is 0 Å². The number of aryl methyl sites for hydroxylation is 1. The van der Waals surface area contributed by atoms with Crippen LogP contribution in [0.2, 0.25) is 10.0 Å². The number of unbranched alkanes of at least 4 members (excludes halogenated alkanes) is 2. The van der Waals surface area contributed by atoms with Gasteiger partial charge < -0.3 is 0 Å². The highest BCUT2D eigenvalue weighted by atomic mass is 35.5. The summed E-state index contributed by atoms with van der Waals surface area (Å²) in [5.41, 5.74) is 2.68. The number of halogens is 2. The number of hydrogen-bond donors (Lipinski definition) is 0. The van der Waals surface area contributed by atoms with E-state index in [2.05, 4.69) is 32.0 Å². The van der Waals surface area contributed by atoms with E-state index in [1.807, 2.05) is 6.07 Å². The van der Waals surface area contributed by atoms with Crippen LogP contribution < -0.4 is 0 Å². The van der Waals surface area contributed by atoms with Crippen LogP contribution in [0.3, 0.4) is 0 Å². The van der Waals surface area contributed by atoms with Crippen LogP contribution in [0.15, 0.2) is 24.3 Å². The highest BCUT2D eigenvalue weighted by Crippen LogP contribution is 2.38. The first kappa shape index (κ1) is 15.7. The van der Waals surface area contributed by atoms with Crippen molar-refractivity contribution in [2.24, 2.45) is 0 Å². The standard InChI is InChI=1S/C18H22Cl2/c1-3-5-9-13-14-11-7-8-12-16(14)18(20)17(19)15(13)10-6-4-2/h7-8,11-12H,3-6,9-10H2,1-2H3. The first-order valence-corrected chi connectivity index (χ1v) is 8.33. The Hall–Kier alpha value is -0.720. The first-order valence-electron chi connectivity index (χ1n) is 7.58. The lowest BCUT2D eigenvalue weighted by atomic mass is 9.92. The van der Waals surface area contributed by atoms with Crippen molar-refractivity contribution in [1.82, 2.24) is 0 Å². The summed E-state index contributed by atoms with van der Waals surface area (Å²) in [5, 5.41) is 3.85. The molecule has 0 unspecified atom stereocenters. The summed E-state index contributed by atoms with van der Waals surface area (Å²) in [7, 11) is 0. The fourth-order valence-corrected chi connectivity index (χ4v) is 3.33. The minimum atomic E-state index is 0.716. The third-order valence-electron chi connectivity index (χ3n) is 3.87. The zero-order chi connectivity index (χ0) is 14.5. The number of rotatable bonds is 6. The predicted molar refractivity (Wildman–Crippen MR) is 91.2 cm³/mol. The summed E-state index contributed by atoms with van der Waals surface area (Å²) in [6, 6.07) is 8.37. The molecule has 0 atom stereocenters. The Labute approximate surface area is 132 Å². The maximum Gasteiger partial charge on any atom is 0.0673 e. The molecule has 2 aromatic carbocycles. The van der Waals surface area contributed by atoms with Gasteiger partial charge in [0.15, 0.2) is 0 Å². The SMILES string of the molecule is CCCCc1c(Cl)c(Cl)c2ccccc2c1CCCC. The van der Waals surface area contributed by atoms with Gasteiger partial charge in [-0.25, -0.2) is 0 Å². The molecule has 0 aromatic heterocycles. The zero-order valence-corrected chi connectivity index (χ0v) is 13.8. The molecule has 0 radical (unpaired) electrons. The second-order valence-corrected chi connectivity index (χ2v) is 6.09. The molecule has 0 N–H and O–H groups in total. The van der Waals surface area contributed by atoms with E-state index in [1.165, 1.54) is 35.8 Å². The molecule has 0 fully saturated rings. The lowest BCUT2D eigenvalue weighted by Gasteiger charge is -2.17. The van der Waals surface area contributed by atoms with Gasteiger partial charge in [-0.3, -0.25) is 0 Å². The van der Waals surface area contributed by atoms with Gasteiger partial charge >= 0.3 is 0 Å². The van der Waals surface area contributed by atoms with Crippen LogP contribution in [0.1, 0.15) is 50.7 Å². The molecule has 0 spiro atoms. The molecule has 108 valence electrons. The van der Waals surface area contributed by atoms with Crippen LogP contribution in [0.4, 0.5) is 0 Å². The van der Waals surface area contributed by atoms with E-state index in [4.69, 9.17) is 23.2 Å². The third kappa shape index (κ3) is 3.13. The van der Waals surface area contributed by atoms with Crippen molar-refractivity contribution < 1.29 is 0 Å². The Bertz CT molecular complexity index is 587. The van der Waals surface area contributed by atoms with Crippen molar-refractivity contribution in [3.8, 4) is 0 Å². The number of benzene rings is 2. The number of hydrogen-bond acceptors (Lipinski definition) is 0. The molecular weight excluding hydrogens is 287 g/mol. The smallest absolute Gasteiger partial charge is 0.0673 e. The molecule has 0 amide bonds. The van der Waals surface area contributed by atoms with Crippen LogP contribution in [-0.4, -0.2) is 0 Å². The summed E-state index contributed by atoms with van der Waals surface area (Å²) in [5.74, 6) is 0. The summed E-state index contributed by atoms with van der Waals surface area (Å²) < 4.78 is 0. The molecule has 2 aromatic rings. The Kier molecular flexibility index (Phi) is 5.74. The highest BCUT2D eigenvalue weighted by Gasteiger charge is 2.16. The highest BCUT2D eigenvalue weighted by molar-refractivity contribution is 6.46. The molecule has 0 nitrogen and oxygen atoms in total. The molecule has 2 rings (SSSR count). The lowest BCUT2D eigenvalue weighted by molar-refractivity contribution is 0.762. The van der Waals surface area contributed by atoms with E-state index in [0.717, 1.165) is 29.7 Å². The molecule has 0 saturated carbocycles. The van der Waals surface area contributed by atoms with Gasteiger partial charge in [-0.2, -0.15) is 0 Å². The van der Waals surface area contributed by atoms with Crippen LogP contribution in [0, 0.1) is 0 Å². The van der Waals surface area contributed by atoms with Gasteiger partial charge in [0.1, 0.15) is 0 Å². The van der Waals surface area contributed by atoms with Crippen LogP contribution >= 0.6 is 23.2 Å². The molecule has 0 heterocycles. The average Bonchev–Trinajstić information content (AvgIpc) is 2.48. The topological polar surface area (TPSA) is 0 Å². The van der Waals surface area contributed by atoms with Crippen molar-refractivity contribution in [3.05, 3.63) is 45.4 Å². The van der Waals surface area contributed by atoms with E-state index >= 15 is 0 Å². The molecule has 20 heavy (non-hydrogen) atoms. The van der Waals surface area contributed by atoms with Gasteiger partial charge in [-0.05, 0) is 42.2 Å². The summed E-state index contributed by atoms with van der Waals surface area (Å²) in [4.78, 5) is 0. The monoisotopic (exact) mass is 308 g/mol. The van der Waals surface area contributed by atoms with Crippen LogP contribution in [0.25, 0.3) is 10.8 Å². The molecular formula is C18H22Cl2. The molecule has 0 saturated heterocycles. The second-order valence-electron chi connectivity index (χ2n) is 5.34. The van der Waals surface area contributed by atoms with Gasteiger partial charge in [0, 0.05) is 5.39 Å². The average molecular weight is 309 g/mol. The minimum absolute atomic E-state index is 0.716. The van der Waals surface area contributed by atoms with Crippen molar-refractivity contribution in [2.75, 3.05) is 0 Å². The van der Waals surface area contributed by atoms with Crippen molar-refractivity contribution in [2.45, 2.75) is 52.4 Å². The molecule has 0 aliphatic rings. The third-order valence-corrected chi connectivity index (χ3v) is 4.78. The van der Waals surface area contributed by atoms with Gasteiger partial charge in [-0.1, -0.05) is 74.2 Å². The molecule has 0 aliphatic carbocycles. The molecule has 0 bridgehead atoms. The largest absolute Gasteiger partial charge is 0.0824 e. The van der Waals surface area contributed by atoms with Crippen molar-refractivity contribution in [1.29, 1.82) is 0 Å². The van der Waals surface area contributed by atoms with Crippen LogP contribution in [-0.2, 0) is 12.8 Å². The summed E-state index contributed by atoms with van der Waals surface area (Å²) >= 11 is 13.0. The van der Waals surface area contributed by atoms with E-state index in [-0.39, 0.29) is 0 Å². The van der Waals surface area contributed by atoms with Crippen molar-refractivity contribution in [3.63, 3.8) is 0 Å². The fraction of sp³-hybridized carbons (Fsp3) is 0.444. The van der Waals surface area contributed by atoms with Gasteiger partial charge in [0.05, 0.1) is 10.0 Å². The Morgan fingerprint density at radius 2 is 1.30 bits per heavy atom. The van der Waals surface area contributed by atoms with Crippen molar-refractivity contribution >= 4 is 34.0 Å². The lowest BCUT2D eigenvalue weighted by Crippen LogP contribution is -1.99. The maximum absolute atomic E-state index is 6.56. The number of fused-ring (bicyclic) bond motifs is 1. The Morgan fingerprint density at radius 1 is 0.750 bits per heavy atom. The van der Waals surface area contributed by atoms with E-state index in [0.29, 0.717) is 5.02 Å². The Balaban J connectivity index is 2.63. The Morgan fingerprint density at radius 3 is 1.90 bits per heavy atom. The second kappa shape index (κ2) is 7.33. The molecule has 2 heteroatoms. The fourth-order valence-electron chi connectivity index (χ4n) is 2.74. The summed E-state index contributed by atoms with van der Waals surface area (Å²) in [6.07, 6.45) is 6.84. The minimum Gasteiger partial charge on any atom is -0.0824 e. The first-order chi connectivity index (χ1) is 9.70. The zero-order valence-electron chi connectivity index (χ0n) is 12.3. The normalized spacial score (nSPS) is 11.2. The van der Waals surface area contributed by atoms with E-state index in [9.17, 15) is 0 Å². The van der Waals surface area contributed by atoms with Gasteiger partial charge in [-0.15, -0.1) is 0 Å². The van der Waals surface area contributed by atoms with Gasteiger partial charge in [0.25, 0.3) is 0 Å². The quantitative estimate of drug-likeness (QED) is 0.548. The molecule has 0 aliphatic heterocycles. The van der Waals surface area contributed by atoms with E-state index < -0.39 is 0 Å². The maximum atomic E-state index is 6.56. The summed E-state index contributed by atoms with van der Waals surface area (Å²) in [6.45, 7) is 4.44.